The molecule has 2 nitrogen and oxygen atoms in total. The van der Waals surface area contributed by atoms with Crippen LogP contribution in [0.3, 0.4) is 0 Å². The molecule has 2 rings (SSSR count). The monoisotopic (exact) mass is 393 g/mol. The third-order valence-corrected chi connectivity index (χ3v) is 5.62. The van der Waals surface area contributed by atoms with Gasteiger partial charge in [-0.2, -0.15) is 0 Å². The molecular weight excluding hydrogens is 365 g/mol. The number of hydrogen-bond donors (Lipinski definition) is 1. The Hall–Kier alpha value is -1.25. The summed E-state index contributed by atoms with van der Waals surface area (Å²) in [5, 5.41) is 3.55. The zero-order chi connectivity index (χ0) is 19.2. The molecule has 1 aromatic rings. The van der Waals surface area contributed by atoms with E-state index in [1.807, 2.05) is 6.08 Å². The minimum absolute atomic E-state index is 0.131. The molecule has 0 heterocycles. The molecule has 0 saturated carbocycles. The first-order chi connectivity index (χ1) is 12.3. The van der Waals surface area contributed by atoms with Gasteiger partial charge in [0, 0.05) is 17.1 Å². The van der Waals surface area contributed by atoms with E-state index in [2.05, 4.69) is 38.2 Å². The van der Waals surface area contributed by atoms with Crippen LogP contribution in [0.5, 0.6) is 0 Å². The lowest BCUT2D eigenvalue weighted by molar-refractivity contribution is 0.0951. The van der Waals surface area contributed by atoms with E-state index in [1.54, 1.807) is 24.3 Å². The minimum Gasteiger partial charge on any atom is -0.350 e. The zero-order valence-electron chi connectivity index (χ0n) is 15.9. The Bertz CT molecular complexity index is 663. The predicted molar refractivity (Wildman–Crippen MR) is 112 cm³/mol. The van der Waals surface area contributed by atoms with Crippen molar-refractivity contribution in [2.45, 2.75) is 51.3 Å². The molecule has 1 N–H and O–H groups in total. The number of alkyl halides is 1. The topological polar surface area (TPSA) is 29.1 Å². The summed E-state index contributed by atoms with van der Waals surface area (Å²) in [5.41, 5.74) is 1.97. The maximum atomic E-state index is 12.3. The van der Waals surface area contributed by atoms with Gasteiger partial charge in [0.05, 0.1) is 4.87 Å². The summed E-state index contributed by atoms with van der Waals surface area (Å²) in [5.74, 6) is 1.19. The van der Waals surface area contributed by atoms with E-state index in [4.69, 9.17) is 23.2 Å². The highest BCUT2D eigenvalue weighted by Crippen LogP contribution is 2.33. The van der Waals surface area contributed by atoms with E-state index in [-0.39, 0.29) is 5.91 Å². The highest BCUT2D eigenvalue weighted by Gasteiger charge is 2.27. The number of allylic oxidation sites excluding steroid dienone is 3. The Morgan fingerprint density at radius 2 is 1.92 bits per heavy atom. The third kappa shape index (κ3) is 6.17. The molecule has 2 unspecified atom stereocenters. The van der Waals surface area contributed by atoms with Crippen LogP contribution in [0, 0.1) is 11.8 Å². The van der Waals surface area contributed by atoms with Gasteiger partial charge in [-0.05, 0) is 60.9 Å². The summed E-state index contributed by atoms with van der Waals surface area (Å²) in [6.45, 7) is 7.18. The molecule has 1 aliphatic rings. The number of nitrogens with one attached hydrogen (secondary N) is 1. The molecule has 0 aromatic heterocycles. The zero-order valence-corrected chi connectivity index (χ0v) is 17.4. The average Bonchev–Trinajstić information content (AvgIpc) is 2.62. The molecule has 0 saturated heterocycles. The molecule has 1 amide bonds. The van der Waals surface area contributed by atoms with Gasteiger partial charge in [0.25, 0.3) is 5.91 Å². The van der Waals surface area contributed by atoms with Gasteiger partial charge in [0.15, 0.2) is 0 Å². The third-order valence-electron chi connectivity index (χ3n) is 4.96. The first-order valence-corrected chi connectivity index (χ1v) is 10.2. The molecule has 0 fully saturated rings. The van der Waals surface area contributed by atoms with Gasteiger partial charge in [0.2, 0.25) is 0 Å². The molecule has 0 radical (unpaired) electrons. The molecule has 1 aliphatic carbocycles. The number of amides is 1. The van der Waals surface area contributed by atoms with Crippen LogP contribution in [0.1, 0.15) is 56.8 Å². The molecule has 0 aliphatic heterocycles. The second kappa shape index (κ2) is 9.62. The van der Waals surface area contributed by atoms with Gasteiger partial charge in [-0.25, -0.2) is 0 Å². The number of carbonyl (C=O) groups excluding carboxylic acids is 1. The maximum Gasteiger partial charge on any atom is 0.251 e. The van der Waals surface area contributed by atoms with Crippen molar-refractivity contribution in [3.05, 3.63) is 58.7 Å². The summed E-state index contributed by atoms with van der Waals surface area (Å²) in [4.78, 5) is 11.7. The summed E-state index contributed by atoms with van der Waals surface area (Å²) in [6.07, 6.45) is 10.8. The Kier molecular flexibility index (Phi) is 7.79. The van der Waals surface area contributed by atoms with Gasteiger partial charge >= 0.3 is 0 Å². The van der Waals surface area contributed by atoms with E-state index in [1.165, 1.54) is 18.4 Å². The van der Waals surface area contributed by atoms with Gasteiger partial charge in [-0.3, -0.25) is 4.79 Å². The second-order valence-electron chi connectivity index (χ2n) is 7.54. The Morgan fingerprint density at radius 3 is 2.46 bits per heavy atom. The first kappa shape index (κ1) is 21.1. The molecule has 0 bridgehead atoms. The van der Waals surface area contributed by atoms with E-state index >= 15 is 0 Å². The quantitative estimate of drug-likeness (QED) is 0.508. The fourth-order valence-corrected chi connectivity index (χ4v) is 3.51. The number of halogens is 2. The highest BCUT2D eigenvalue weighted by atomic mass is 35.5. The molecule has 142 valence electrons. The summed E-state index contributed by atoms with van der Waals surface area (Å²) >= 11 is 12.6. The molecule has 4 heteroatoms. The maximum absolute atomic E-state index is 12.3. The van der Waals surface area contributed by atoms with E-state index < -0.39 is 4.87 Å². The highest BCUT2D eigenvalue weighted by molar-refractivity contribution is 6.30. The number of benzene rings is 1. The normalized spacial score (nSPS) is 20.8. The van der Waals surface area contributed by atoms with Crippen LogP contribution in [-0.4, -0.2) is 17.3 Å². The van der Waals surface area contributed by atoms with Crippen LogP contribution < -0.4 is 5.32 Å². The Morgan fingerprint density at radius 1 is 1.23 bits per heavy atom. The van der Waals surface area contributed by atoms with E-state index in [0.717, 1.165) is 18.8 Å². The average molecular weight is 394 g/mol. The van der Waals surface area contributed by atoms with Crippen molar-refractivity contribution in [1.82, 2.24) is 5.32 Å². The van der Waals surface area contributed by atoms with Gasteiger partial charge in [-0.1, -0.05) is 57.0 Å². The van der Waals surface area contributed by atoms with Crippen molar-refractivity contribution >= 4 is 29.1 Å². The first-order valence-electron chi connectivity index (χ1n) is 9.45. The lowest BCUT2D eigenvalue weighted by Crippen LogP contribution is -2.38. The van der Waals surface area contributed by atoms with Crippen molar-refractivity contribution in [1.29, 1.82) is 0 Å². The van der Waals surface area contributed by atoms with E-state index in [9.17, 15) is 4.79 Å². The SMILES string of the molecule is CCC(CCC(C)C)C1=CCC(Cl)(CNC(=O)c2ccc(Cl)cc2)C=C1. The number of carbonyl (C=O) groups is 1. The lowest BCUT2D eigenvalue weighted by atomic mass is 9.84. The molecular formula is C22H29Cl2NO. The lowest BCUT2D eigenvalue weighted by Gasteiger charge is -2.28. The van der Waals surface area contributed by atoms with Crippen LogP contribution in [0.4, 0.5) is 0 Å². The van der Waals surface area contributed by atoms with Crippen LogP contribution >= 0.6 is 23.2 Å². The summed E-state index contributed by atoms with van der Waals surface area (Å²) in [6, 6.07) is 6.86. The van der Waals surface area contributed by atoms with E-state index in [0.29, 0.717) is 23.0 Å². The standard InChI is InChI=1S/C22H29Cl2NO/c1-4-17(6-5-16(2)3)18-11-13-22(24,14-12-18)15-25-21(26)19-7-9-20(23)10-8-19/h7-13,16-17H,4-6,14-15H2,1-3H3,(H,25,26). The fourth-order valence-electron chi connectivity index (χ4n) is 3.17. The Balaban J connectivity index is 1.90. The smallest absolute Gasteiger partial charge is 0.251 e. The summed E-state index contributed by atoms with van der Waals surface area (Å²) < 4.78 is 0. The van der Waals surface area contributed by atoms with Crippen LogP contribution in [-0.2, 0) is 0 Å². The van der Waals surface area contributed by atoms with Crippen LogP contribution in [0.2, 0.25) is 5.02 Å². The van der Waals surface area contributed by atoms with Gasteiger partial charge in [-0.15, -0.1) is 11.6 Å². The van der Waals surface area contributed by atoms with Crippen molar-refractivity contribution in [2.75, 3.05) is 6.54 Å². The number of rotatable bonds is 8. The molecule has 0 spiro atoms. The summed E-state index contributed by atoms with van der Waals surface area (Å²) in [7, 11) is 0. The predicted octanol–water partition coefficient (Wildman–Crippen LogP) is 6.40. The van der Waals surface area contributed by atoms with Crippen molar-refractivity contribution in [3.63, 3.8) is 0 Å². The second-order valence-corrected chi connectivity index (χ2v) is 8.73. The minimum atomic E-state index is -0.554. The Labute approximate surface area is 167 Å². The van der Waals surface area contributed by atoms with Crippen molar-refractivity contribution in [2.24, 2.45) is 11.8 Å². The van der Waals surface area contributed by atoms with Gasteiger partial charge < -0.3 is 5.32 Å². The molecule has 1 aromatic carbocycles. The van der Waals surface area contributed by atoms with Crippen LogP contribution in [0.15, 0.2) is 48.1 Å². The van der Waals surface area contributed by atoms with Crippen molar-refractivity contribution < 1.29 is 4.79 Å². The molecule has 26 heavy (non-hydrogen) atoms. The largest absolute Gasteiger partial charge is 0.350 e. The van der Waals surface area contributed by atoms with Crippen LogP contribution in [0.25, 0.3) is 0 Å². The number of hydrogen-bond acceptors (Lipinski definition) is 1. The molecule has 2 atom stereocenters. The van der Waals surface area contributed by atoms with Crippen molar-refractivity contribution in [3.8, 4) is 0 Å². The fraction of sp³-hybridized carbons (Fsp3) is 0.500. The van der Waals surface area contributed by atoms with Gasteiger partial charge in [0.1, 0.15) is 0 Å².